The Bertz CT molecular complexity index is 1170. The lowest BCUT2D eigenvalue weighted by atomic mass is 9.61. The van der Waals surface area contributed by atoms with Crippen LogP contribution in [-0.4, -0.2) is 33.1 Å². The minimum Gasteiger partial charge on any atom is -0.356 e. The second kappa shape index (κ2) is 6.95. The van der Waals surface area contributed by atoms with Crippen LogP contribution < -0.4 is 10.8 Å². The molecule has 1 aliphatic heterocycles. The number of imidazole rings is 1. The molecule has 2 aromatic carbocycles. The summed E-state index contributed by atoms with van der Waals surface area (Å²) in [5.74, 6) is 0.522. The Hall–Kier alpha value is -3.19. The molecule has 0 bridgehead atoms. The van der Waals surface area contributed by atoms with Crippen LogP contribution in [0.4, 0.5) is 0 Å². The Balaban J connectivity index is 1.61. The molecule has 1 aromatic heterocycles. The van der Waals surface area contributed by atoms with Crippen molar-refractivity contribution >= 4 is 22.8 Å². The van der Waals surface area contributed by atoms with Crippen LogP contribution in [0, 0.1) is 5.41 Å². The van der Waals surface area contributed by atoms with Gasteiger partial charge in [-0.2, -0.15) is 0 Å². The highest BCUT2D eigenvalue weighted by molar-refractivity contribution is 5.94. The standard InChI is InChI=1S/C23H24N4O3/c1-27-19-5-3-2-4-18(19)25-20(27)13-17-16-7-6-15(21(28)26-30)12-14(16)8-9-23(17)10-11-24-22(23)29/h2-7,12,17,30H,8-11,13H2,1H3,(H,24,29)(H,26,28)/t17-,23?/m1/s1. The van der Waals surface area contributed by atoms with Gasteiger partial charge in [-0.3, -0.25) is 14.8 Å². The average molecular weight is 404 g/mol. The molecule has 2 heterocycles. The summed E-state index contributed by atoms with van der Waals surface area (Å²) in [7, 11) is 2.02. The van der Waals surface area contributed by atoms with Crippen LogP contribution in [0.15, 0.2) is 42.5 Å². The predicted octanol–water partition coefficient (Wildman–Crippen LogP) is 2.47. The summed E-state index contributed by atoms with van der Waals surface area (Å²) >= 11 is 0. The number of carbonyl (C=O) groups is 2. The Morgan fingerprint density at radius 1 is 1.30 bits per heavy atom. The second-order valence-electron chi connectivity index (χ2n) is 8.35. The largest absolute Gasteiger partial charge is 0.356 e. The lowest BCUT2D eigenvalue weighted by Crippen LogP contribution is -2.41. The first-order chi connectivity index (χ1) is 14.5. The topological polar surface area (TPSA) is 96.3 Å². The van der Waals surface area contributed by atoms with Crippen LogP contribution in [0.2, 0.25) is 0 Å². The van der Waals surface area contributed by atoms with E-state index in [0.717, 1.165) is 47.2 Å². The molecule has 7 heteroatoms. The fraction of sp³-hybridized carbons (Fsp3) is 0.348. The van der Waals surface area contributed by atoms with Crippen molar-refractivity contribution in [2.45, 2.75) is 31.6 Å². The second-order valence-corrected chi connectivity index (χ2v) is 8.35. The van der Waals surface area contributed by atoms with Gasteiger partial charge in [0, 0.05) is 31.5 Å². The van der Waals surface area contributed by atoms with Crippen molar-refractivity contribution in [3.63, 3.8) is 0 Å². The first kappa shape index (κ1) is 18.8. The predicted molar refractivity (Wildman–Crippen MR) is 111 cm³/mol. The zero-order chi connectivity index (χ0) is 20.9. The van der Waals surface area contributed by atoms with Gasteiger partial charge in [0.15, 0.2) is 0 Å². The van der Waals surface area contributed by atoms with E-state index in [1.54, 1.807) is 11.5 Å². The summed E-state index contributed by atoms with van der Waals surface area (Å²) in [6, 6.07) is 13.5. The highest BCUT2D eigenvalue weighted by atomic mass is 16.5. The van der Waals surface area contributed by atoms with Gasteiger partial charge in [-0.15, -0.1) is 0 Å². The summed E-state index contributed by atoms with van der Waals surface area (Å²) < 4.78 is 2.11. The number of nitrogens with one attached hydrogen (secondary N) is 2. The van der Waals surface area contributed by atoms with Crippen LogP contribution in [0.1, 0.15) is 46.1 Å². The first-order valence-electron chi connectivity index (χ1n) is 10.3. The number of fused-ring (bicyclic) bond motifs is 2. The monoisotopic (exact) mass is 404 g/mol. The Morgan fingerprint density at radius 3 is 2.87 bits per heavy atom. The van der Waals surface area contributed by atoms with Crippen molar-refractivity contribution in [2.75, 3.05) is 6.54 Å². The van der Waals surface area contributed by atoms with Crippen molar-refractivity contribution in [1.82, 2.24) is 20.3 Å². The minimum atomic E-state index is -0.524. The molecule has 5 rings (SSSR count). The van der Waals surface area contributed by atoms with Crippen molar-refractivity contribution < 1.29 is 14.8 Å². The number of aromatic nitrogens is 2. The van der Waals surface area contributed by atoms with Crippen molar-refractivity contribution in [3.05, 3.63) is 65.0 Å². The number of amides is 2. The fourth-order valence-corrected chi connectivity index (χ4v) is 5.32. The minimum absolute atomic E-state index is 0.0227. The zero-order valence-electron chi connectivity index (χ0n) is 16.8. The van der Waals surface area contributed by atoms with E-state index in [-0.39, 0.29) is 11.8 Å². The molecule has 7 nitrogen and oxygen atoms in total. The number of carbonyl (C=O) groups excluding carboxylic acids is 2. The Labute approximate surface area is 174 Å². The molecule has 1 fully saturated rings. The molecule has 0 saturated carbocycles. The van der Waals surface area contributed by atoms with Crippen molar-refractivity contribution in [2.24, 2.45) is 12.5 Å². The van der Waals surface area contributed by atoms with E-state index in [4.69, 9.17) is 10.2 Å². The van der Waals surface area contributed by atoms with Crippen LogP contribution in [0.3, 0.4) is 0 Å². The van der Waals surface area contributed by atoms with Gasteiger partial charge in [-0.1, -0.05) is 18.2 Å². The number of aryl methyl sites for hydroxylation is 2. The summed E-state index contributed by atoms with van der Waals surface area (Å²) in [5, 5.41) is 12.0. The van der Waals surface area contributed by atoms with Gasteiger partial charge in [0.05, 0.1) is 16.4 Å². The quantitative estimate of drug-likeness (QED) is 0.462. The third kappa shape index (κ3) is 2.73. The van der Waals surface area contributed by atoms with Gasteiger partial charge < -0.3 is 9.88 Å². The van der Waals surface area contributed by atoms with Crippen LogP contribution >= 0.6 is 0 Å². The summed E-state index contributed by atoms with van der Waals surface area (Å²) in [6.07, 6.45) is 2.93. The van der Waals surface area contributed by atoms with Crippen LogP contribution in [-0.2, 0) is 24.7 Å². The Kier molecular flexibility index (Phi) is 4.36. The van der Waals surface area contributed by atoms with Gasteiger partial charge in [0.25, 0.3) is 5.91 Å². The molecular formula is C23H24N4O3. The zero-order valence-corrected chi connectivity index (χ0v) is 16.8. The molecule has 0 radical (unpaired) electrons. The molecule has 2 amide bonds. The highest BCUT2D eigenvalue weighted by Gasteiger charge is 2.51. The van der Waals surface area contributed by atoms with Gasteiger partial charge in [-0.05, 0) is 54.7 Å². The molecule has 3 aromatic rings. The molecule has 1 spiro atoms. The molecule has 30 heavy (non-hydrogen) atoms. The van der Waals surface area contributed by atoms with E-state index in [2.05, 4.69) is 16.0 Å². The summed E-state index contributed by atoms with van der Waals surface area (Å²) in [6.45, 7) is 0.693. The number of benzene rings is 2. The van der Waals surface area contributed by atoms with Crippen LogP contribution in [0.5, 0.6) is 0 Å². The van der Waals surface area contributed by atoms with Crippen LogP contribution in [0.25, 0.3) is 11.0 Å². The number of hydrogen-bond donors (Lipinski definition) is 3. The van der Waals surface area contributed by atoms with E-state index in [9.17, 15) is 9.59 Å². The summed E-state index contributed by atoms with van der Waals surface area (Å²) in [4.78, 5) is 29.7. The molecule has 1 unspecified atom stereocenters. The molecule has 3 N–H and O–H groups in total. The molecule has 2 aliphatic rings. The lowest BCUT2D eigenvalue weighted by molar-refractivity contribution is -0.129. The molecular weight excluding hydrogens is 380 g/mol. The van der Waals surface area contributed by atoms with Crippen molar-refractivity contribution in [1.29, 1.82) is 0 Å². The number of rotatable bonds is 3. The maximum atomic E-state index is 13.0. The van der Waals surface area contributed by atoms with Gasteiger partial charge in [0.1, 0.15) is 5.82 Å². The SMILES string of the molecule is Cn1c(C[C@@H]2c3ccc(C(=O)NO)cc3CCC23CCNC3=O)nc2ccccc21. The van der Waals surface area contributed by atoms with E-state index in [0.29, 0.717) is 18.5 Å². The number of nitrogens with zero attached hydrogens (tertiary/aromatic N) is 2. The van der Waals surface area contributed by atoms with E-state index >= 15 is 0 Å². The molecule has 1 aliphatic carbocycles. The maximum Gasteiger partial charge on any atom is 0.274 e. The average Bonchev–Trinajstić information content (AvgIpc) is 3.29. The van der Waals surface area contributed by atoms with E-state index < -0.39 is 11.3 Å². The number of hydroxylamine groups is 1. The molecule has 2 atom stereocenters. The third-order valence-electron chi connectivity index (χ3n) is 6.96. The Morgan fingerprint density at radius 2 is 2.13 bits per heavy atom. The molecule has 154 valence electrons. The number of hydrogen-bond acceptors (Lipinski definition) is 4. The van der Waals surface area contributed by atoms with E-state index in [1.807, 2.05) is 37.4 Å². The van der Waals surface area contributed by atoms with Gasteiger partial charge in [-0.25, -0.2) is 10.5 Å². The number of para-hydroxylation sites is 2. The van der Waals surface area contributed by atoms with Crippen molar-refractivity contribution in [3.8, 4) is 0 Å². The maximum absolute atomic E-state index is 13.0. The fourth-order valence-electron chi connectivity index (χ4n) is 5.32. The van der Waals surface area contributed by atoms with E-state index in [1.165, 1.54) is 0 Å². The first-order valence-corrected chi connectivity index (χ1v) is 10.3. The highest BCUT2D eigenvalue weighted by Crippen LogP contribution is 2.51. The van der Waals surface area contributed by atoms with Gasteiger partial charge in [0.2, 0.25) is 5.91 Å². The third-order valence-corrected chi connectivity index (χ3v) is 6.96. The van der Waals surface area contributed by atoms with Gasteiger partial charge >= 0.3 is 0 Å². The lowest BCUT2D eigenvalue weighted by Gasteiger charge is -2.40. The normalized spacial score (nSPS) is 22.9. The molecule has 1 saturated heterocycles. The smallest absolute Gasteiger partial charge is 0.274 e. The summed E-state index contributed by atoms with van der Waals surface area (Å²) in [5.41, 5.74) is 5.85.